The van der Waals surface area contributed by atoms with Crippen molar-refractivity contribution >= 4 is 5.91 Å². The quantitative estimate of drug-likeness (QED) is 0.671. The van der Waals surface area contributed by atoms with Crippen LogP contribution in [0.2, 0.25) is 0 Å². The molecule has 0 aliphatic carbocycles. The minimum Gasteiger partial charge on any atom is -0.475 e. The molecule has 1 aliphatic heterocycles. The van der Waals surface area contributed by atoms with Gasteiger partial charge in [-0.25, -0.2) is 0 Å². The summed E-state index contributed by atoms with van der Waals surface area (Å²) < 4.78 is 5.45. The molecule has 1 saturated heterocycles. The van der Waals surface area contributed by atoms with Crippen molar-refractivity contribution in [2.24, 2.45) is 11.7 Å². The number of amides is 1. The fraction of sp³-hybridized carbons (Fsp3) is 0.667. The first-order valence-corrected chi connectivity index (χ1v) is 4.35. The van der Waals surface area contributed by atoms with Gasteiger partial charge in [-0.15, -0.1) is 0 Å². The standard InChI is InChI=1S/C9H16N2O2/c1-6-5-11(3)7(2)13-8(6)4-9(10)12/h6,8H,2,4-5H2,1,3H3,(H2,10,12)/t6-,8+/m1/s1. The Morgan fingerprint density at radius 3 is 3.00 bits per heavy atom. The highest BCUT2D eigenvalue weighted by Crippen LogP contribution is 2.23. The van der Waals surface area contributed by atoms with Crippen LogP contribution in [0.15, 0.2) is 12.5 Å². The Morgan fingerprint density at radius 2 is 2.46 bits per heavy atom. The largest absolute Gasteiger partial charge is 0.475 e. The van der Waals surface area contributed by atoms with Gasteiger partial charge < -0.3 is 15.4 Å². The van der Waals surface area contributed by atoms with Gasteiger partial charge in [-0.05, 0) is 6.58 Å². The number of ether oxygens (including phenoxy) is 1. The summed E-state index contributed by atoms with van der Waals surface area (Å²) in [5, 5.41) is 0. The van der Waals surface area contributed by atoms with Gasteiger partial charge in [0, 0.05) is 19.5 Å². The molecule has 4 nitrogen and oxygen atoms in total. The van der Waals surface area contributed by atoms with Crippen LogP contribution in [0, 0.1) is 5.92 Å². The van der Waals surface area contributed by atoms with Crippen LogP contribution in [-0.4, -0.2) is 30.5 Å². The molecule has 1 rings (SSSR count). The van der Waals surface area contributed by atoms with Crippen LogP contribution >= 0.6 is 0 Å². The van der Waals surface area contributed by atoms with E-state index in [0.717, 1.165) is 6.54 Å². The fourth-order valence-electron chi connectivity index (χ4n) is 1.47. The summed E-state index contributed by atoms with van der Waals surface area (Å²) >= 11 is 0. The minimum absolute atomic E-state index is 0.110. The fourth-order valence-corrected chi connectivity index (χ4v) is 1.47. The molecule has 1 aliphatic rings. The Morgan fingerprint density at radius 1 is 1.85 bits per heavy atom. The highest BCUT2D eigenvalue weighted by Gasteiger charge is 2.28. The van der Waals surface area contributed by atoms with Crippen molar-refractivity contribution in [2.45, 2.75) is 19.4 Å². The molecular formula is C9H16N2O2. The molecule has 0 spiro atoms. The van der Waals surface area contributed by atoms with E-state index < -0.39 is 0 Å². The third-order valence-corrected chi connectivity index (χ3v) is 2.31. The molecule has 4 heteroatoms. The molecule has 0 bridgehead atoms. The van der Waals surface area contributed by atoms with Crippen molar-refractivity contribution in [1.29, 1.82) is 0 Å². The van der Waals surface area contributed by atoms with Crippen LogP contribution in [0.3, 0.4) is 0 Å². The van der Waals surface area contributed by atoms with Crippen molar-refractivity contribution in [1.82, 2.24) is 4.90 Å². The lowest BCUT2D eigenvalue weighted by molar-refractivity contribution is -0.123. The Balaban J connectivity index is 2.56. The van der Waals surface area contributed by atoms with Gasteiger partial charge >= 0.3 is 0 Å². The summed E-state index contributed by atoms with van der Waals surface area (Å²) in [7, 11) is 1.92. The summed E-state index contributed by atoms with van der Waals surface area (Å²) in [5.41, 5.74) is 5.10. The Bertz CT molecular complexity index is 228. The maximum Gasteiger partial charge on any atom is 0.221 e. The van der Waals surface area contributed by atoms with Gasteiger partial charge in [0.25, 0.3) is 0 Å². The predicted octanol–water partition coefficient (Wildman–Crippen LogP) is 0.300. The first kappa shape index (κ1) is 9.89. The molecule has 0 aromatic rings. The molecule has 0 saturated carbocycles. The lowest BCUT2D eigenvalue weighted by Gasteiger charge is -2.37. The van der Waals surface area contributed by atoms with Gasteiger partial charge in [-0.3, -0.25) is 4.79 Å². The number of hydrogen-bond donors (Lipinski definition) is 1. The molecule has 0 radical (unpaired) electrons. The normalized spacial score (nSPS) is 28.5. The molecule has 1 amide bonds. The van der Waals surface area contributed by atoms with Crippen LogP contribution in [0.25, 0.3) is 0 Å². The molecule has 0 aromatic heterocycles. The molecule has 2 atom stereocenters. The van der Waals surface area contributed by atoms with E-state index in [-0.39, 0.29) is 18.4 Å². The monoisotopic (exact) mass is 184 g/mol. The number of primary amides is 1. The van der Waals surface area contributed by atoms with E-state index in [2.05, 4.69) is 6.58 Å². The Hall–Kier alpha value is -1.19. The molecule has 1 heterocycles. The number of carbonyl (C=O) groups is 1. The van der Waals surface area contributed by atoms with Crippen LogP contribution in [0.4, 0.5) is 0 Å². The number of hydrogen-bond acceptors (Lipinski definition) is 3. The van der Waals surface area contributed by atoms with Crippen molar-refractivity contribution in [3.63, 3.8) is 0 Å². The zero-order valence-corrected chi connectivity index (χ0v) is 8.12. The number of nitrogens with zero attached hydrogens (tertiary/aromatic N) is 1. The zero-order chi connectivity index (χ0) is 10.0. The lowest BCUT2D eigenvalue weighted by atomic mass is 9.99. The molecule has 2 N–H and O–H groups in total. The average Bonchev–Trinajstić information content (AvgIpc) is 1.99. The highest BCUT2D eigenvalue weighted by molar-refractivity contribution is 5.74. The maximum atomic E-state index is 10.7. The second kappa shape index (κ2) is 3.68. The smallest absolute Gasteiger partial charge is 0.221 e. The molecule has 0 unspecified atom stereocenters. The van der Waals surface area contributed by atoms with Crippen LogP contribution in [-0.2, 0) is 9.53 Å². The van der Waals surface area contributed by atoms with E-state index in [4.69, 9.17) is 10.5 Å². The summed E-state index contributed by atoms with van der Waals surface area (Å²) in [5.74, 6) is 0.599. The second-order valence-corrected chi connectivity index (χ2v) is 3.58. The topological polar surface area (TPSA) is 55.6 Å². The van der Waals surface area contributed by atoms with Crippen molar-refractivity contribution in [2.75, 3.05) is 13.6 Å². The van der Waals surface area contributed by atoms with E-state index in [1.165, 1.54) is 0 Å². The summed E-state index contributed by atoms with van der Waals surface area (Å²) in [6.07, 6.45) is 0.162. The average molecular weight is 184 g/mol. The van der Waals surface area contributed by atoms with E-state index in [1.54, 1.807) is 0 Å². The molecule has 74 valence electrons. The number of nitrogens with two attached hydrogens (primary N) is 1. The van der Waals surface area contributed by atoms with E-state index in [1.807, 2.05) is 18.9 Å². The first-order chi connectivity index (χ1) is 6.00. The van der Waals surface area contributed by atoms with Crippen LogP contribution in [0.1, 0.15) is 13.3 Å². The van der Waals surface area contributed by atoms with E-state index in [9.17, 15) is 4.79 Å². The number of carbonyl (C=O) groups excluding carboxylic acids is 1. The second-order valence-electron chi connectivity index (χ2n) is 3.58. The van der Waals surface area contributed by atoms with Gasteiger partial charge in [0.15, 0.2) is 5.88 Å². The Kier molecular flexibility index (Phi) is 2.80. The molecule has 1 fully saturated rings. The highest BCUT2D eigenvalue weighted by atomic mass is 16.5. The zero-order valence-electron chi connectivity index (χ0n) is 8.12. The first-order valence-electron chi connectivity index (χ1n) is 4.35. The maximum absolute atomic E-state index is 10.7. The van der Waals surface area contributed by atoms with Crippen LogP contribution < -0.4 is 5.73 Å². The third-order valence-electron chi connectivity index (χ3n) is 2.31. The molecule has 0 aromatic carbocycles. The lowest BCUT2D eigenvalue weighted by Crippen LogP contribution is -2.41. The minimum atomic E-state index is -0.325. The number of rotatable bonds is 2. The van der Waals surface area contributed by atoms with Gasteiger partial charge in [0.2, 0.25) is 5.91 Å². The van der Waals surface area contributed by atoms with Crippen molar-refractivity contribution in [3.05, 3.63) is 12.5 Å². The van der Waals surface area contributed by atoms with E-state index >= 15 is 0 Å². The Labute approximate surface area is 78.3 Å². The molecular weight excluding hydrogens is 168 g/mol. The van der Waals surface area contributed by atoms with Gasteiger partial charge in [0.1, 0.15) is 6.10 Å². The van der Waals surface area contributed by atoms with Gasteiger partial charge in [0.05, 0.1) is 6.42 Å². The van der Waals surface area contributed by atoms with Gasteiger partial charge in [-0.2, -0.15) is 0 Å². The molecule has 13 heavy (non-hydrogen) atoms. The van der Waals surface area contributed by atoms with Crippen LogP contribution in [0.5, 0.6) is 0 Å². The van der Waals surface area contributed by atoms with Crippen molar-refractivity contribution in [3.8, 4) is 0 Å². The summed E-state index contributed by atoms with van der Waals surface area (Å²) in [6.45, 7) is 6.63. The summed E-state index contributed by atoms with van der Waals surface area (Å²) in [4.78, 5) is 12.6. The summed E-state index contributed by atoms with van der Waals surface area (Å²) in [6, 6.07) is 0. The van der Waals surface area contributed by atoms with E-state index in [0.29, 0.717) is 11.8 Å². The SMILES string of the molecule is C=C1O[C@@H](CC(N)=O)[C@H](C)CN1C. The van der Waals surface area contributed by atoms with Crippen molar-refractivity contribution < 1.29 is 9.53 Å². The van der Waals surface area contributed by atoms with Gasteiger partial charge in [-0.1, -0.05) is 6.92 Å². The third kappa shape index (κ3) is 2.37. The predicted molar refractivity (Wildman–Crippen MR) is 49.6 cm³/mol.